The topological polar surface area (TPSA) is 29.1 Å². The Hall–Kier alpha value is -1.66. The summed E-state index contributed by atoms with van der Waals surface area (Å²) in [7, 11) is 0. The molecule has 176 valence electrons. The molecule has 1 aliphatic rings. The molecule has 0 fully saturated rings. The maximum atomic E-state index is 12.6. The average molecular weight is 458 g/mol. The van der Waals surface area contributed by atoms with Crippen molar-refractivity contribution in [2.75, 3.05) is 6.54 Å². The number of thiophene rings is 1. The molecule has 0 unspecified atom stereocenters. The largest absolute Gasteiger partial charge is 0.416 e. The first kappa shape index (κ1) is 29.3. The Morgan fingerprint density at radius 1 is 1.10 bits per heavy atom. The summed E-state index contributed by atoms with van der Waals surface area (Å²) in [5.41, 5.74) is 2.84. The molecule has 0 bridgehead atoms. The number of Topliss-reactive ketones (excluding diaryl/α,β-unsaturated/α-hetero) is 1. The highest BCUT2D eigenvalue weighted by Crippen LogP contribution is 2.33. The van der Waals surface area contributed by atoms with Gasteiger partial charge in [0.25, 0.3) is 0 Å². The summed E-state index contributed by atoms with van der Waals surface area (Å²) in [4.78, 5) is 12.5. The summed E-state index contributed by atoms with van der Waals surface area (Å²) in [6.07, 6.45) is -0.920. The highest BCUT2D eigenvalue weighted by molar-refractivity contribution is 7.10. The molecule has 1 aromatic heterocycles. The van der Waals surface area contributed by atoms with Gasteiger partial charge >= 0.3 is 6.18 Å². The van der Waals surface area contributed by atoms with Crippen molar-refractivity contribution in [3.05, 3.63) is 56.3 Å². The van der Waals surface area contributed by atoms with E-state index in [0.717, 1.165) is 30.6 Å². The van der Waals surface area contributed by atoms with Crippen LogP contribution in [0.5, 0.6) is 0 Å². The highest BCUT2D eigenvalue weighted by atomic mass is 32.1. The summed E-state index contributed by atoms with van der Waals surface area (Å²) < 4.78 is 37.7. The van der Waals surface area contributed by atoms with E-state index in [4.69, 9.17) is 0 Å². The van der Waals surface area contributed by atoms with Crippen LogP contribution in [0.15, 0.2) is 23.6 Å². The summed E-state index contributed by atoms with van der Waals surface area (Å²) in [6.45, 7) is 15.4. The van der Waals surface area contributed by atoms with Crippen LogP contribution < -0.4 is 5.32 Å². The maximum absolute atomic E-state index is 12.6. The van der Waals surface area contributed by atoms with E-state index in [2.05, 4.69) is 19.2 Å². The van der Waals surface area contributed by atoms with Gasteiger partial charge in [-0.05, 0) is 55.5 Å². The number of carbonyl (C=O) groups excluding carboxylic acids is 1. The number of benzene rings is 1. The average Bonchev–Trinajstić information content (AvgIpc) is 3.19. The first-order valence-corrected chi connectivity index (χ1v) is 12.1. The molecule has 1 aliphatic heterocycles. The second-order valence-electron chi connectivity index (χ2n) is 6.94. The molecular weight excluding hydrogens is 419 g/mol. The second kappa shape index (κ2) is 15.2. The molecule has 0 saturated carbocycles. The summed E-state index contributed by atoms with van der Waals surface area (Å²) in [6, 6.07) is 4.58. The molecule has 0 radical (unpaired) electrons. The van der Waals surface area contributed by atoms with E-state index in [1.807, 2.05) is 26.2 Å². The first-order chi connectivity index (χ1) is 14.7. The molecule has 2 aromatic rings. The number of halogens is 3. The van der Waals surface area contributed by atoms with E-state index in [0.29, 0.717) is 18.4 Å². The van der Waals surface area contributed by atoms with E-state index in [9.17, 15) is 18.0 Å². The SMILES string of the molecule is CC.CC(=O)c1csc2c1CCNC2.CCC.CCc1ccc(CC)c(C(F)(F)F)c1. The van der Waals surface area contributed by atoms with E-state index >= 15 is 0 Å². The summed E-state index contributed by atoms with van der Waals surface area (Å²) in [5.74, 6) is 0.203. The van der Waals surface area contributed by atoms with Gasteiger partial charge in [0.1, 0.15) is 0 Å². The van der Waals surface area contributed by atoms with Crippen LogP contribution in [-0.2, 0) is 32.0 Å². The van der Waals surface area contributed by atoms with Gasteiger partial charge in [-0.2, -0.15) is 13.2 Å². The molecule has 0 amide bonds. The van der Waals surface area contributed by atoms with Crippen molar-refractivity contribution >= 4 is 17.1 Å². The lowest BCUT2D eigenvalue weighted by molar-refractivity contribution is -0.138. The standard InChI is InChI=1S/C11H13F3.C9H11NOS.C3H8.C2H6/c1-3-8-5-6-9(4-2)10(7-8)11(12,13)14;1-6(11)8-5-12-9-4-10-3-2-7(8)9;1-3-2;1-2/h5-7H,3-4H2,1-2H3;5,10H,2-4H2,1H3;3H2,1-2H3;1-2H3. The number of carbonyl (C=O) groups is 1. The molecule has 3 rings (SSSR count). The lowest BCUT2D eigenvalue weighted by Crippen LogP contribution is -2.23. The van der Waals surface area contributed by atoms with Gasteiger partial charge in [0.15, 0.2) is 5.78 Å². The van der Waals surface area contributed by atoms with Gasteiger partial charge in [-0.3, -0.25) is 4.79 Å². The van der Waals surface area contributed by atoms with Crippen molar-refractivity contribution < 1.29 is 18.0 Å². The highest BCUT2D eigenvalue weighted by Gasteiger charge is 2.32. The predicted octanol–water partition coefficient (Wildman–Crippen LogP) is 7.87. The first-order valence-electron chi connectivity index (χ1n) is 11.2. The predicted molar refractivity (Wildman–Crippen MR) is 127 cm³/mol. The number of aryl methyl sites for hydroxylation is 2. The molecule has 0 saturated heterocycles. The smallest absolute Gasteiger partial charge is 0.312 e. The maximum Gasteiger partial charge on any atom is 0.416 e. The van der Waals surface area contributed by atoms with Crippen molar-refractivity contribution in [1.82, 2.24) is 5.32 Å². The number of alkyl halides is 3. The van der Waals surface area contributed by atoms with Gasteiger partial charge in [0, 0.05) is 22.4 Å². The molecule has 31 heavy (non-hydrogen) atoms. The van der Waals surface area contributed by atoms with E-state index < -0.39 is 11.7 Å². The van der Waals surface area contributed by atoms with Crippen molar-refractivity contribution in [2.45, 2.75) is 86.9 Å². The Labute approximate surface area is 190 Å². The summed E-state index contributed by atoms with van der Waals surface area (Å²) >= 11 is 1.70. The zero-order valence-electron chi connectivity index (χ0n) is 20.0. The molecule has 1 aromatic carbocycles. The number of fused-ring (bicyclic) bond motifs is 1. The van der Waals surface area contributed by atoms with E-state index in [1.165, 1.54) is 22.9 Å². The Balaban J connectivity index is 0.000000484. The van der Waals surface area contributed by atoms with E-state index in [1.54, 1.807) is 37.3 Å². The number of rotatable bonds is 3. The Bertz CT molecular complexity index is 782. The van der Waals surface area contributed by atoms with Gasteiger partial charge in [0.05, 0.1) is 5.56 Å². The van der Waals surface area contributed by atoms with Gasteiger partial charge in [0.2, 0.25) is 0 Å². The third-order valence-electron chi connectivity index (χ3n) is 4.47. The zero-order valence-corrected chi connectivity index (χ0v) is 20.8. The molecule has 0 aliphatic carbocycles. The molecule has 0 atom stereocenters. The third kappa shape index (κ3) is 9.56. The fraction of sp³-hybridized carbons (Fsp3) is 0.560. The van der Waals surface area contributed by atoms with Crippen LogP contribution in [0.2, 0.25) is 0 Å². The van der Waals surface area contributed by atoms with Crippen LogP contribution in [0.1, 0.15) is 92.4 Å². The van der Waals surface area contributed by atoms with Gasteiger partial charge < -0.3 is 5.32 Å². The molecule has 2 heterocycles. The van der Waals surface area contributed by atoms with Crippen molar-refractivity contribution in [1.29, 1.82) is 0 Å². The van der Waals surface area contributed by atoms with E-state index in [-0.39, 0.29) is 5.78 Å². The van der Waals surface area contributed by atoms with Crippen molar-refractivity contribution in [2.24, 2.45) is 0 Å². The van der Waals surface area contributed by atoms with Gasteiger partial charge in [-0.15, -0.1) is 11.3 Å². The van der Waals surface area contributed by atoms with Crippen molar-refractivity contribution in [3.8, 4) is 0 Å². The minimum atomic E-state index is -4.23. The second-order valence-corrected chi connectivity index (χ2v) is 7.90. The molecule has 6 heteroatoms. The van der Waals surface area contributed by atoms with Crippen LogP contribution in [0.3, 0.4) is 0 Å². The summed E-state index contributed by atoms with van der Waals surface area (Å²) in [5, 5.41) is 5.28. The number of hydrogen-bond acceptors (Lipinski definition) is 3. The number of nitrogens with one attached hydrogen (secondary N) is 1. The van der Waals surface area contributed by atoms with Crippen LogP contribution in [0, 0.1) is 0 Å². The minimum Gasteiger partial charge on any atom is -0.312 e. The lowest BCUT2D eigenvalue weighted by Gasteiger charge is -2.13. The fourth-order valence-corrected chi connectivity index (χ4v) is 4.08. The molecule has 1 N–H and O–H groups in total. The quantitative estimate of drug-likeness (QED) is 0.475. The monoisotopic (exact) mass is 457 g/mol. The Kier molecular flexibility index (Phi) is 14.4. The molecule has 0 spiro atoms. The van der Waals surface area contributed by atoms with Crippen LogP contribution in [-0.4, -0.2) is 12.3 Å². The van der Waals surface area contributed by atoms with Gasteiger partial charge in [-0.1, -0.05) is 60.1 Å². The molecule has 2 nitrogen and oxygen atoms in total. The minimum absolute atomic E-state index is 0.203. The fourth-order valence-electron chi connectivity index (χ4n) is 2.97. The van der Waals surface area contributed by atoms with Gasteiger partial charge in [-0.25, -0.2) is 0 Å². The van der Waals surface area contributed by atoms with Crippen LogP contribution in [0.25, 0.3) is 0 Å². The molecular formula is C25H38F3NOS. The normalized spacial score (nSPS) is 12.2. The Morgan fingerprint density at radius 3 is 2.19 bits per heavy atom. The third-order valence-corrected chi connectivity index (χ3v) is 5.50. The Morgan fingerprint density at radius 2 is 1.71 bits per heavy atom. The van der Waals surface area contributed by atoms with Crippen LogP contribution >= 0.6 is 11.3 Å². The number of ketones is 1. The number of hydrogen-bond donors (Lipinski definition) is 1. The van der Waals surface area contributed by atoms with Crippen LogP contribution in [0.4, 0.5) is 13.2 Å². The zero-order chi connectivity index (χ0) is 24.0. The lowest BCUT2D eigenvalue weighted by atomic mass is 10.0. The van der Waals surface area contributed by atoms with Crippen molar-refractivity contribution in [3.63, 3.8) is 0 Å².